The molecule has 0 aliphatic carbocycles. The zero-order chi connectivity index (χ0) is 28.7. The molecule has 3 atom stereocenters. The van der Waals surface area contributed by atoms with E-state index in [1.807, 2.05) is 0 Å². The first-order valence-corrected chi connectivity index (χ1v) is 15.2. The highest BCUT2D eigenvalue weighted by atomic mass is 16.7. The number of nitrogens with one attached hydrogen (secondary N) is 1. The van der Waals surface area contributed by atoms with Crippen molar-refractivity contribution in [2.45, 2.75) is 96.2 Å². The van der Waals surface area contributed by atoms with Crippen LogP contribution in [0.5, 0.6) is 0 Å². The minimum Gasteiger partial charge on any atom is -0.408 e. The van der Waals surface area contributed by atoms with Crippen molar-refractivity contribution in [1.29, 1.82) is 0 Å². The lowest BCUT2D eigenvalue weighted by atomic mass is 9.86. The molecule has 0 saturated carbocycles. The predicted octanol–water partition coefficient (Wildman–Crippen LogP) is 7.98. The summed E-state index contributed by atoms with van der Waals surface area (Å²) < 4.78 is 10.7. The highest BCUT2D eigenvalue weighted by molar-refractivity contribution is 5.73. The molecule has 3 aromatic carbocycles. The van der Waals surface area contributed by atoms with Gasteiger partial charge in [-0.2, -0.15) is 0 Å². The molecule has 5 rings (SSSR count). The highest BCUT2D eigenvalue weighted by Crippen LogP contribution is 2.34. The third-order valence-electron chi connectivity index (χ3n) is 8.55. The number of aliphatic hydroxyl groups is 1. The molecule has 1 fully saturated rings. The van der Waals surface area contributed by atoms with Gasteiger partial charge in [-0.05, 0) is 97.9 Å². The number of benzene rings is 3. The second-order valence-electron chi connectivity index (χ2n) is 11.8. The van der Waals surface area contributed by atoms with E-state index in [1.54, 1.807) is 7.11 Å². The van der Waals surface area contributed by atoms with E-state index in [-0.39, 0.29) is 11.6 Å². The average molecular weight is 556 g/mol. The van der Waals surface area contributed by atoms with Gasteiger partial charge in [-0.25, -0.2) is 0 Å². The number of aryl methyl sites for hydroxylation is 2. The number of epoxide rings is 1. The van der Waals surface area contributed by atoms with Gasteiger partial charge in [-0.1, -0.05) is 79.9 Å². The average Bonchev–Trinajstić information content (AvgIpc) is 3.68. The molecule has 0 bridgehead atoms. The van der Waals surface area contributed by atoms with Crippen LogP contribution in [-0.4, -0.2) is 24.6 Å². The molecule has 1 saturated heterocycles. The third-order valence-corrected chi connectivity index (χ3v) is 8.55. The van der Waals surface area contributed by atoms with Crippen LogP contribution in [0, 0.1) is 6.92 Å². The first-order valence-electron chi connectivity index (χ1n) is 15.2. The minimum absolute atomic E-state index is 0.0895. The molecule has 2 N–H and O–H groups in total. The van der Waals surface area contributed by atoms with Gasteiger partial charge in [-0.15, -0.1) is 5.48 Å². The van der Waals surface area contributed by atoms with Crippen molar-refractivity contribution in [3.63, 3.8) is 0 Å². The molecule has 0 spiro atoms. The van der Waals surface area contributed by atoms with Crippen molar-refractivity contribution in [2.24, 2.45) is 0 Å². The lowest BCUT2D eigenvalue weighted by Gasteiger charge is -2.33. The van der Waals surface area contributed by atoms with E-state index in [9.17, 15) is 5.11 Å². The fraction of sp³-hybridized carbons (Fsp3) is 0.444. The maximum atomic E-state index is 9.28. The second kappa shape index (κ2) is 13.8. The Morgan fingerprint density at radius 1 is 0.976 bits per heavy atom. The van der Waals surface area contributed by atoms with Crippen LogP contribution in [0.1, 0.15) is 86.1 Å². The number of allylic oxidation sites excluding steroid dienone is 1. The van der Waals surface area contributed by atoms with Crippen LogP contribution in [0.3, 0.4) is 0 Å². The number of unbranched alkanes of at least 4 members (excludes halogenated alkanes) is 3. The molecule has 2 heterocycles. The number of hydroxylamine groups is 1. The summed E-state index contributed by atoms with van der Waals surface area (Å²) in [6.07, 6.45) is 11.6. The van der Waals surface area contributed by atoms with Crippen LogP contribution in [0.15, 0.2) is 72.8 Å². The van der Waals surface area contributed by atoms with Gasteiger partial charge in [0.2, 0.25) is 0 Å². The standard InChI is InChI=1S/C36H45NO4/c1-26-13-8-9-17-31(26)32-21-20-28(24-29(32)25-39-3)33-18-10-11-22-36(2,37-41-33)30-16-12-15-27(23-30)14-6-4-5-7-19-34-35(38)40-34/h8-9,12-13,15-18,20-21,23-24,34-35,37-38H,4-7,10-11,14,19,22,25H2,1-3H3. The van der Waals surface area contributed by atoms with Crippen LogP contribution in [0.4, 0.5) is 0 Å². The largest absolute Gasteiger partial charge is 0.408 e. The fourth-order valence-corrected chi connectivity index (χ4v) is 5.93. The number of methoxy groups -OCH3 is 1. The molecule has 41 heavy (non-hydrogen) atoms. The van der Waals surface area contributed by atoms with Gasteiger partial charge in [0.25, 0.3) is 0 Å². The van der Waals surface area contributed by atoms with Gasteiger partial charge in [0, 0.05) is 12.7 Å². The summed E-state index contributed by atoms with van der Waals surface area (Å²) in [5.74, 6) is 0.866. The zero-order valence-corrected chi connectivity index (χ0v) is 24.8. The normalized spacial score (nSPS) is 22.4. The van der Waals surface area contributed by atoms with Crippen molar-refractivity contribution in [3.8, 4) is 11.1 Å². The van der Waals surface area contributed by atoms with Crippen molar-refractivity contribution in [1.82, 2.24) is 5.48 Å². The van der Waals surface area contributed by atoms with E-state index in [4.69, 9.17) is 14.3 Å². The van der Waals surface area contributed by atoms with E-state index < -0.39 is 6.29 Å². The van der Waals surface area contributed by atoms with Crippen molar-refractivity contribution >= 4 is 5.76 Å². The van der Waals surface area contributed by atoms with Crippen LogP contribution in [-0.2, 0) is 32.9 Å². The smallest absolute Gasteiger partial charge is 0.181 e. The topological polar surface area (TPSA) is 63.2 Å². The van der Waals surface area contributed by atoms with E-state index in [0.717, 1.165) is 55.4 Å². The monoisotopic (exact) mass is 555 g/mol. The van der Waals surface area contributed by atoms with E-state index in [0.29, 0.717) is 6.61 Å². The first kappa shape index (κ1) is 29.5. The molecule has 3 unspecified atom stereocenters. The van der Waals surface area contributed by atoms with Gasteiger partial charge in [-0.3, -0.25) is 0 Å². The summed E-state index contributed by atoms with van der Waals surface area (Å²) >= 11 is 0. The van der Waals surface area contributed by atoms with Crippen LogP contribution in [0.2, 0.25) is 0 Å². The summed E-state index contributed by atoms with van der Waals surface area (Å²) in [4.78, 5) is 6.38. The van der Waals surface area contributed by atoms with E-state index in [2.05, 4.69) is 92.1 Å². The zero-order valence-electron chi connectivity index (χ0n) is 24.8. The minimum atomic E-state index is -0.505. The summed E-state index contributed by atoms with van der Waals surface area (Å²) in [5.41, 5.74) is 11.7. The number of hydrogen-bond donors (Lipinski definition) is 2. The van der Waals surface area contributed by atoms with Crippen LogP contribution >= 0.6 is 0 Å². The second-order valence-corrected chi connectivity index (χ2v) is 11.8. The quantitative estimate of drug-likeness (QED) is 0.175. The molecular weight excluding hydrogens is 510 g/mol. The number of ether oxygens (including phenoxy) is 2. The summed E-state index contributed by atoms with van der Waals surface area (Å²) in [7, 11) is 1.75. The molecular formula is C36H45NO4. The molecule has 3 aromatic rings. The molecule has 5 nitrogen and oxygen atoms in total. The van der Waals surface area contributed by atoms with Gasteiger partial charge < -0.3 is 19.4 Å². The molecule has 2 aliphatic rings. The van der Waals surface area contributed by atoms with Crippen molar-refractivity contribution < 1.29 is 19.4 Å². The maximum absolute atomic E-state index is 9.28. The molecule has 0 amide bonds. The van der Waals surface area contributed by atoms with E-state index in [1.165, 1.54) is 47.1 Å². The molecule has 2 aliphatic heterocycles. The molecule has 0 radical (unpaired) electrons. The summed E-state index contributed by atoms with van der Waals surface area (Å²) in [6.45, 7) is 4.94. The Labute approximate surface area is 245 Å². The van der Waals surface area contributed by atoms with Crippen LogP contribution in [0.25, 0.3) is 16.9 Å². The number of hydrogen-bond acceptors (Lipinski definition) is 5. The third kappa shape index (κ3) is 7.66. The van der Waals surface area contributed by atoms with Gasteiger partial charge >= 0.3 is 0 Å². The van der Waals surface area contributed by atoms with Gasteiger partial charge in [0.05, 0.1) is 12.1 Å². The van der Waals surface area contributed by atoms with Gasteiger partial charge in [0.15, 0.2) is 6.29 Å². The molecule has 0 aromatic heterocycles. The number of rotatable bonds is 12. The van der Waals surface area contributed by atoms with Gasteiger partial charge in [0.1, 0.15) is 11.9 Å². The van der Waals surface area contributed by atoms with Crippen molar-refractivity contribution in [3.05, 3.63) is 101 Å². The summed E-state index contributed by atoms with van der Waals surface area (Å²) in [6, 6.07) is 24.0. The Kier molecular flexibility index (Phi) is 9.94. The Bertz CT molecular complexity index is 1330. The highest BCUT2D eigenvalue weighted by Gasteiger charge is 2.35. The van der Waals surface area contributed by atoms with E-state index >= 15 is 0 Å². The first-order chi connectivity index (χ1) is 20.0. The number of aliphatic hydroxyl groups excluding tert-OH is 1. The Morgan fingerprint density at radius 3 is 2.61 bits per heavy atom. The van der Waals surface area contributed by atoms with Crippen LogP contribution < -0.4 is 5.48 Å². The van der Waals surface area contributed by atoms with Crippen molar-refractivity contribution in [2.75, 3.05) is 7.11 Å². The maximum Gasteiger partial charge on any atom is 0.181 e. The lowest BCUT2D eigenvalue weighted by Crippen LogP contribution is -2.40. The Morgan fingerprint density at radius 2 is 1.80 bits per heavy atom. The Hall–Kier alpha value is -2.96. The lowest BCUT2D eigenvalue weighted by molar-refractivity contribution is 0.0570. The Balaban J connectivity index is 1.24. The fourth-order valence-electron chi connectivity index (χ4n) is 5.93. The molecule has 5 heteroatoms. The SMILES string of the molecule is COCc1cc(C2=CCCCC(C)(c3cccc(CCCCCCC4OC4O)c3)NO2)ccc1-c1ccccc1C. The predicted molar refractivity (Wildman–Crippen MR) is 165 cm³/mol. The molecule has 218 valence electrons. The summed E-state index contributed by atoms with van der Waals surface area (Å²) in [5, 5.41) is 9.28.